The number of hydrogen-bond acceptors (Lipinski definition) is 4. The maximum Gasteiger partial charge on any atom is 0.139 e. The SMILES string of the molecule is Cc1cccc(-c2ccc(N)c(O)c2)c1F.Nc1ccc(-c2cc(Cl)ccc2F)cc1O. The molecule has 0 aromatic heterocycles. The zero-order chi connectivity index (χ0) is 23.4. The normalized spacial score (nSPS) is 10.4. The summed E-state index contributed by atoms with van der Waals surface area (Å²) in [5.41, 5.74) is 14.0. The number of benzene rings is 4. The molecule has 32 heavy (non-hydrogen) atoms. The lowest BCUT2D eigenvalue weighted by Gasteiger charge is -2.07. The van der Waals surface area contributed by atoms with E-state index in [9.17, 15) is 19.0 Å². The molecule has 4 aromatic carbocycles. The molecule has 4 rings (SSSR count). The van der Waals surface area contributed by atoms with E-state index in [1.807, 2.05) is 0 Å². The van der Waals surface area contributed by atoms with Gasteiger partial charge in [-0.2, -0.15) is 0 Å². The van der Waals surface area contributed by atoms with E-state index >= 15 is 0 Å². The molecule has 4 aromatic rings. The van der Waals surface area contributed by atoms with Crippen LogP contribution < -0.4 is 11.5 Å². The van der Waals surface area contributed by atoms with Crippen molar-refractivity contribution < 1.29 is 19.0 Å². The number of phenolic OH excluding ortho intramolecular Hbond substituents is 2. The van der Waals surface area contributed by atoms with Gasteiger partial charge in [-0.1, -0.05) is 41.9 Å². The first-order valence-corrected chi connectivity index (χ1v) is 9.93. The summed E-state index contributed by atoms with van der Waals surface area (Å²) in [7, 11) is 0. The molecule has 0 saturated heterocycles. The molecule has 164 valence electrons. The van der Waals surface area contributed by atoms with Crippen LogP contribution in [0.1, 0.15) is 5.56 Å². The Kier molecular flexibility index (Phi) is 6.85. The molecule has 0 aliphatic rings. The van der Waals surface area contributed by atoms with E-state index < -0.39 is 5.82 Å². The van der Waals surface area contributed by atoms with Crippen LogP contribution in [0.3, 0.4) is 0 Å². The standard InChI is InChI=1S/C13H12FNO.C12H9ClFNO/c1-8-3-2-4-10(13(8)14)9-5-6-11(15)12(16)7-9;13-8-2-3-10(14)9(6-8)7-1-4-11(15)12(16)5-7/h2-7,16H,15H2,1H3;1-6,16H,15H2. The highest BCUT2D eigenvalue weighted by atomic mass is 35.5. The van der Waals surface area contributed by atoms with Crippen molar-refractivity contribution in [3.8, 4) is 33.8 Å². The molecule has 0 radical (unpaired) electrons. The fourth-order valence-corrected chi connectivity index (χ4v) is 3.18. The largest absolute Gasteiger partial charge is 0.506 e. The minimum absolute atomic E-state index is 0.0293. The zero-order valence-electron chi connectivity index (χ0n) is 17.1. The molecule has 0 heterocycles. The van der Waals surface area contributed by atoms with Crippen LogP contribution in [0.2, 0.25) is 5.02 Å². The fourth-order valence-electron chi connectivity index (χ4n) is 3.01. The monoisotopic (exact) mass is 454 g/mol. The van der Waals surface area contributed by atoms with Gasteiger partial charge in [0.05, 0.1) is 11.4 Å². The third-order valence-corrected chi connectivity index (χ3v) is 5.04. The Hall–Kier alpha value is -3.77. The summed E-state index contributed by atoms with van der Waals surface area (Å²) in [5, 5.41) is 19.4. The van der Waals surface area contributed by atoms with E-state index in [1.165, 1.54) is 36.4 Å². The van der Waals surface area contributed by atoms with Crippen LogP contribution in [0.15, 0.2) is 72.8 Å². The first-order chi connectivity index (χ1) is 15.2. The quantitative estimate of drug-likeness (QED) is 0.205. The smallest absolute Gasteiger partial charge is 0.139 e. The van der Waals surface area contributed by atoms with E-state index in [1.54, 1.807) is 43.3 Å². The molecule has 0 amide bonds. The predicted molar refractivity (Wildman–Crippen MR) is 126 cm³/mol. The number of phenols is 2. The van der Waals surface area contributed by atoms with Crippen molar-refractivity contribution in [2.24, 2.45) is 0 Å². The van der Waals surface area contributed by atoms with Crippen LogP contribution in [0.5, 0.6) is 11.5 Å². The molecule has 0 fully saturated rings. The van der Waals surface area contributed by atoms with Crippen molar-refractivity contribution in [2.75, 3.05) is 11.5 Å². The maximum atomic E-state index is 13.8. The predicted octanol–water partition coefficient (Wildman–Crippen LogP) is 6.52. The number of halogens is 3. The van der Waals surface area contributed by atoms with Crippen LogP contribution in [-0.2, 0) is 0 Å². The van der Waals surface area contributed by atoms with Crippen molar-refractivity contribution in [3.05, 3.63) is 95.0 Å². The number of aryl methyl sites for hydroxylation is 1. The summed E-state index contributed by atoms with van der Waals surface area (Å²) in [6.07, 6.45) is 0. The molecular weight excluding hydrogens is 434 g/mol. The number of hydrogen-bond donors (Lipinski definition) is 4. The van der Waals surface area contributed by atoms with Crippen LogP contribution in [-0.4, -0.2) is 10.2 Å². The molecule has 0 atom stereocenters. The first-order valence-electron chi connectivity index (χ1n) is 9.55. The van der Waals surface area contributed by atoms with E-state index in [-0.39, 0.29) is 28.7 Å². The molecule has 4 nitrogen and oxygen atoms in total. The van der Waals surface area contributed by atoms with Gasteiger partial charge in [0.25, 0.3) is 0 Å². The number of rotatable bonds is 2. The molecule has 0 spiro atoms. The summed E-state index contributed by atoms with van der Waals surface area (Å²) in [4.78, 5) is 0. The minimum Gasteiger partial charge on any atom is -0.506 e. The average molecular weight is 455 g/mol. The third kappa shape index (κ3) is 5.10. The number of anilines is 2. The first kappa shape index (κ1) is 22.9. The molecule has 0 aliphatic carbocycles. The van der Waals surface area contributed by atoms with Crippen molar-refractivity contribution in [3.63, 3.8) is 0 Å². The molecule has 0 unspecified atom stereocenters. The van der Waals surface area contributed by atoms with Gasteiger partial charge in [-0.15, -0.1) is 0 Å². The second kappa shape index (κ2) is 9.58. The van der Waals surface area contributed by atoms with Gasteiger partial charge in [-0.25, -0.2) is 8.78 Å². The zero-order valence-corrected chi connectivity index (χ0v) is 17.9. The van der Waals surface area contributed by atoms with Gasteiger partial charge >= 0.3 is 0 Å². The number of nitrogens with two attached hydrogens (primary N) is 2. The average Bonchev–Trinajstić information content (AvgIpc) is 2.76. The Morgan fingerprint density at radius 1 is 0.719 bits per heavy atom. The fraction of sp³-hybridized carbons (Fsp3) is 0.0400. The van der Waals surface area contributed by atoms with Gasteiger partial charge in [0.15, 0.2) is 0 Å². The van der Waals surface area contributed by atoms with Crippen LogP contribution in [0.25, 0.3) is 22.3 Å². The van der Waals surface area contributed by atoms with E-state index in [0.29, 0.717) is 32.8 Å². The molecule has 0 bridgehead atoms. The molecule has 7 heteroatoms. The molecule has 0 saturated carbocycles. The highest BCUT2D eigenvalue weighted by Gasteiger charge is 2.09. The van der Waals surface area contributed by atoms with Gasteiger partial charge < -0.3 is 21.7 Å². The Balaban J connectivity index is 0.000000181. The van der Waals surface area contributed by atoms with Gasteiger partial charge in [0.2, 0.25) is 0 Å². The Morgan fingerprint density at radius 3 is 1.84 bits per heavy atom. The van der Waals surface area contributed by atoms with E-state index in [4.69, 9.17) is 23.1 Å². The second-order valence-corrected chi connectivity index (χ2v) is 7.54. The van der Waals surface area contributed by atoms with Crippen molar-refractivity contribution >= 4 is 23.0 Å². The summed E-state index contributed by atoms with van der Waals surface area (Å²) in [5.74, 6) is -0.768. The Morgan fingerprint density at radius 2 is 1.28 bits per heavy atom. The van der Waals surface area contributed by atoms with Gasteiger partial charge in [-0.05, 0) is 66.1 Å². The summed E-state index contributed by atoms with van der Waals surface area (Å²) in [6.45, 7) is 1.70. The van der Waals surface area contributed by atoms with Crippen LogP contribution >= 0.6 is 11.6 Å². The van der Waals surface area contributed by atoms with Crippen LogP contribution in [0.4, 0.5) is 20.2 Å². The topological polar surface area (TPSA) is 92.5 Å². The highest BCUT2D eigenvalue weighted by Crippen LogP contribution is 2.32. The molecule has 6 N–H and O–H groups in total. The van der Waals surface area contributed by atoms with Crippen molar-refractivity contribution in [2.45, 2.75) is 6.92 Å². The third-order valence-electron chi connectivity index (χ3n) is 4.80. The number of aromatic hydroxyl groups is 2. The lowest BCUT2D eigenvalue weighted by molar-refractivity contribution is 0.477. The van der Waals surface area contributed by atoms with Crippen molar-refractivity contribution in [1.82, 2.24) is 0 Å². The van der Waals surface area contributed by atoms with E-state index in [2.05, 4.69) is 0 Å². The number of nitrogen functional groups attached to an aromatic ring is 2. The van der Waals surface area contributed by atoms with E-state index in [0.717, 1.165) is 0 Å². The second-order valence-electron chi connectivity index (χ2n) is 7.11. The lowest BCUT2D eigenvalue weighted by atomic mass is 10.0. The van der Waals surface area contributed by atoms with Crippen LogP contribution in [0, 0.1) is 18.6 Å². The Bertz CT molecular complexity index is 1230. The maximum absolute atomic E-state index is 13.8. The summed E-state index contributed by atoms with van der Waals surface area (Å²) in [6, 6.07) is 18.7. The Labute approximate surface area is 189 Å². The van der Waals surface area contributed by atoms with Crippen molar-refractivity contribution in [1.29, 1.82) is 0 Å². The van der Waals surface area contributed by atoms with Gasteiger partial charge in [-0.3, -0.25) is 0 Å². The lowest BCUT2D eigenvalue weighted by Crippen LogP contribution is -1.90. The minimum atomic E-state index is -0.395. The summed E-state index contributed by atoms with van der Waals surface area (Å²) >= 11 is 5.78. The molecular formula is C25H21ClF2N2O2. The summed E-state index contributed by atoms with van der Waals surface area (Å²) < 4.78 is 27.3. The highest BCUT2D eigenvalue weighted by molar-refractivity contribution is 6.30. The van der Waals surface area contributed by atoms with Gasteiger partial charge in [0, 0.05) is 16.1 Å². The van der Waals surface area contributed by atoms with Gasteiger partial charge in [0.1, 0.15) is 23.1 Å². The molecule has 0 aliphatic heterocycles.